The van der Waals surface area contributed by atoms with Crippen molar-refractivity contribution in [2.75, 3.05) is 19.6 Å². The summed E-state index contributed by atoms with van der Waals surface area (Å²) in [5, 5.41) is 5.97. The van der Waals surface area contributed by atoms with E-state index in [-0.39, 0.29) is 23.8 Å². The average molecular weight is 331 g/mol. The van der Waals surface area contributed by atoms with Crippen molar-refractivity contribution in [1.82, 2.24) is 15.5 Å². The molecule has 0 radical (unpaired) electrons. The summed E-state index contributed by atoms with van der Waals surface area (Å²) in [7, 11) is 0. The van der Waals surface area contributed by atoms with Crippen LogP contribution in [-0.2, 0) is 16.1 Å². The second-order valence-electron chi connectivity index (χ2n) is 6.48. The van der Waals surface area contributed by atoms with Crippen molar-refractivity contribution in [1.29, 1.82) is 0 Å². The van der Waals surface area contributed by atoms with Crippen LogP contribution >= 0.6 is 0 Å². The summed E-state index contributed by atoms with van der Waals surface area (Å²) in [4.78, 5) is 26.5. The van der Waals surface area contributed by atoms with Crippen LogP contribution in [0.1, 0.15) is 38.7 Å². The highest BCUT2D eigenvalue weighted by Gasteiger charge is 2.29. The Balaban J connectivity index is 1.73. The van der Waals surface area contributed by atoms with Gasteiger partial charge in [0.1, 0.15) is 0 Å². The molecule has 5 nitrogen and oxygen atoms in total. The molecule has 1 aliphatic rings. The van der Waals surface area contributed by atoms with Gasteiger partial charge >= 0.3 is 0 Å². The van der Waals surface area contributed by atoms with Crippen LogP contribution in [-0.4, -0.2) is 42.4 Å². The fraction of sp³-hybridized carbons (Fsp3) is 0.579. The molecule has 1 fully saturated rings. The third kappa shape index (κ3) is 5.34. The first-order valence-corrected chi connectivity index (χ1v) is 8.95. The summed E-state index contributed by atoms with van der Waals surface area (Å²) in [5.41, 5.74) is 1.12. The number of hydrogen-bond donors (Lipinski definition) is 2. The summed E-state index contributed by atoms with van der Waals surface area (Å²) in [6.07, 6.45) is 2.57. The maximum absolute atomic E-state index is 12.3. The molecule has 1 atom stereocenters. The standard InChI is InChI=1S/C19H29N3O2/c1-3-11-20-18(23)15(2)22-12-9-17(10-13-22)19(24)21-14-16-7-5-4-6-8-16/h4-8,15,17H,3,9-14H2,1-2H3,(H,20,23)(H,21,24)/t15-/m1/s1. The monoisotopic (exact) mass is 331 g/mol. The third-order valence-corrected chi connectivity index (χ3v) is 4.69. The van der Waals surface area contributed by atoms with E-state index in [1.807, 2.05) is 44.2 Å². The Morgan fingerprint density at radius 3 is 2.46 bits per heavy atom. The Hall–Kier alpha value is -1.88. The van der Waals surface area contributed by atoms with Crippen molar-refractivity contribution in [3.63, 3.8) is 0 Å². The van der Waals surface area contributed by atoms with Crippen molar-refractivity contribution in [2.45, 2.75) is 45.7 Å². The summed E-state index contributed by atoms with van der Waals surface area (Å²) in [6.45, 7) is 6.89. The van der Waals surface area contributed by atoms with Crippen LogP contribution in [0.5, 0.6) is 0 Å². The average Bonchev–Trinajstić information content (AvgIpc) is 2.64. The van der Waals surface area contributed by atoms with Crippen molar-refractivity contribution in [3.8, 4) is 0 Å². The third-order valence-electron chi connectivity index (χ3n) is 4.69. The van der Waals surface area contributed by atoms with E-state index >= 15 is 0 Å². The molecule has 2 amide bonds. The minimum atomic E-state index is -0.120. The molecule has 1 aliphatic heterocycles. The zero-order valence-corrected chi connectivity index (χ0v) is 14.8. The number of carbonyl (C=O) groups excluding carboxylic acids is 2. The molecule has 132 valence electrons. The lowest BCUT2D eigenvalue weighted by Gasteiger charge is -2.34. The number of carbonyl (C=O) groups is 2. The van der Waals surface area contributed by atoms with Gasteiger partial charge in [0.25, 0.3) is 0 Å². The van der Waals surface area contributed by atoms with Crippen LogP contribution in [0, 0.1) is 5.92 Å². The highest BCUT2D eigenvalue weighted by atomic mass is 16.2. The van der Waals surface area contributed by atoms with Gasteiger partial charge in [-0.3, -0.25) is 14.5 Å². The molecule has 0 bridgehead atoms. The summed E-state index contributed by atoms with van der Waals surface area (Å²) < 4.78 is 0. The minimum Gasteiger partial charge on any atom is -0.355 e. The smallest absolute Gasteiger partial charge is 0.237 e. The first kappa shape index (κ1) is 18.5. The number of nitrogens with zero attached hydrogens (tertiary/aromatic N) is 1. The van der Waals surface area contributed by atoms with Crippen LogP contribution in [0.3, 0.4) is 0 Å². The minimum absolute atomic E-state index is 0.0517. The summed E-state index contributed by atoms with van der Waals surface area (Å²) in [5.74, 6) is 0.265. The van der Waals surface area contributed by atoms with E-state index in [4.69, 9.17) is 0 Å². The van der Waals surface area contributed by atoms with E-state index in [1.54, 1.807) is 0 Å². The number of benzene rings is 1. The lowest BCUT2D eigenvalue weighted by molar-refractivity contribution is -0.128. The number of nitrogens with one attached hydrogen (secondary N) is 2. The van der Waals surface area contributed by atoms with Gasteiger partial charge in [0, 0.05) is 19.0 Å². The van der Waals surface area contributed by atoms with E-state index in [0.717, 1.165) is 44.5 Å². The Bertz CT molecular complexity index is 525. The van der Waals surface area contributed by atoms with Crippen LogP contribution in [0.4, 0.5) is 0 Å². The molecule has 0 saturated carbocycles. The zero-order chi connectivity index (χ0) is 17.4. The second-order valence-corrected chi connectivity index (χ2v) is 6.48. The molecule has 1 saturated heterocycles. The van der Waals surface area contributed by atoms with Crippen molar-refractivity contribution in [3.05, 3.63) is 35.9 Å². The predicted octanol–water partition coefficient (Wildman–Crippen LogP) is 1.93. The molecule has 1 aromatic carbocycles. The molecule has 2 rings (SSSR count). The van der Waals surface area contributed by atoms with Crippen molar-refractivity contribution < 1.29 is 9.59 Å². The van der Waals surface area contributed by atoms with Gasteiger partial charge in [-0.15, -0.1) is 0 Å². The van der Waals surface area contributed by atoms with Gasteiger partial charge in [-0.25, -0.2) is 0 Å². The van der Waals surface area contributed by atoms with E-state index in [1.165, 1.54) is 0 Å². The van der Waals surface area contributed by atoms with E-state index < -0.39 is 0 Å². The molecule has 0 spiro atoms. The molecule has 0 aromatic heterocycles. The molecule has 0 unspecified atom stereocenters. The van der Waals surface area contributed by atoms with Gasteiger partial charge in [-0.1, -0.05) is 37.3 Å². The number of piperidine rings is 1. The highest BCUT2D eigenvalue weighted by Crippen LogP contribution is 2.19. The molecule has 24 heavy (non-hydrogen) atoms. The van der Waals surface area contributed by atoms with Crippen LogP contribution < -0.4 is 10.6 Å². The normalized spacial score (nSPS) is 17.2. The number of rotatable bonds is 7. The Labute approximate surface area is 144 Å². The van der Waals surface area contributed by atoms with E-state index in [2.05, 4.69) is 15.5 Å². The highest BCUT2D eigenvalue weighted by molar-refractivity contribution is 5.81. The summed E-state index contributed by atoms with van der Waals surface area (Å²) in [6, 6.07) is 9.83. The predicted molar refractivity (Wildman–Crippen MR) is 95.3 cm³/mol. The maximum atomic E-state index is 12.3. The lowest BCUT2D eigenvalue weighted by Crippen LogP contribution is -2.49. The fourth-order valence-corrected chi connectivity index (χ4v) is 3.04. The summed E-state index contributed by atoms with van der Waals surface area (Å²) >= 11 is 0. The number of amides is 2. The molecular formula is C19H29N3O2. The van der Waals surface area contributed by atoms with E-state index in [0.29, 0.717) is 6.54 Å². The van der Waals surface area contributed by atoms with E-state index in [9.17, 15) is 9.59 Å². The number of likely N-dealkylation sites (tertiary alicyclic amines) is 1. The maximum Gasteiger partial charge on any atom is 0.237 e. The SMILES string of the molecule is CCCNC(=O)[C@@H](C)N1CCC(C(=O)NCc2ccccc2)CC1. The quantitative estimate of drug-likeness (QED) is 0.802. The van der Waals surface area contributed by atoms with Crippen molar-refractivity contribution >= 4 is 11.8 Å². The number of hydrogen-bond acceptors (Lipinski definition) is 3. The second kappa shape index (κ2) is 9.42. The lowest BCUT2D eigenvalue weighted by atomic mass is 9.94. The topological polar surface area (TPSA) is 61.4 Å². The molecular weight excluding hydrogens is 302 g/mol. The van der Waals surface area contributed by atoms with Crippen molar-refractivity contribution in [2.24, 2.45) is 5.92 Å². The first-order valence-electron chi connectivity index (χ1n) is 8.95. The fourth-order valence-electron chi connectivity index (χ4n) is 3.04. The van der Waals surface area contributed by atoms with Crippen LogP contribution in [0.25, 0.3) is 0 Å². The van der Waals surface area contributed by atoms with Crippen LogP contribution in [0.2, 0.25) is 0 Å². The largest absolute Gasteiger partial charge is 0.355 e. The molecule has 1 aromatic rings. The molecule has 0 aliphatic carbocycles. The Kier molecular flexibility index (Phi) is 7.25. The van der Waals surface area contributed by atoms with Gasteiger partial charge in [-0.05, 0) is 44.8 Å². The van der Waals surface area contributed by atoms with Gasteiger partial charge in [0.05, 0.1) is 6.04 Å². The Morgan fingerprint density at radius 2 is 1.83 bits per heavy atom. The van der Waals surface area contributed by atoms with Gasteiger partial charge in [0.15, 0.2) is 0 Å². The zero-order valence-electron chi connectivity index (χ0n) is 14.8. The molecule has 5 heteroatoms. The molecule has 1 heterocycles. The Morgan fingerprint density at radius 1 is 1.17 bits per heavy atom. The van der Waals surface area contributed by atoms with Crippen LogP contribution in [0.15, 0.2) is 30.3 Å². The van der Waals surface area contributed by atoms with Gasteiger partial charge < -0.3 is 10.6 Å². The molecule has 2 N–H and O–H groups in total. The first-order chi connectivity index (χ1) is 11.6. The van der Waals surface area contributed by atoms with Gasteiger partial charge in [0.2, 0.25) is 11.8 Å². The van der Waals surface area contributed by atoms with Gasteiger partial charge in [-0.2, -0.15) is 0 Å².